The second kappa shape index (κ2) is 4.68. The smallest absolute Gasteiger partial charge is 0.253 e. The van der Waals surface area contributed by atoms with Gasteiger partial charge in [-0.1, -0.05) is 0 Å². The van der Waals surface area contributed by atoms with Crippen LogP contribution in [0.3, 0.4) is 0 Å². The van der Waals surface area contributed by atoms with Gasteiger partial charge in [0.1, 0.15) is 4.60 Å². The van der Waals surface area contributed by atoms with Gasteiger partial charge in [-0.05, 0) is 34.5 Å². The highest BCUT2D eigenvalue weighted by molar-refractivity contribution is 9.10. The van der Waals surface area contributed by atoms with E-state index in [4.69, 9.17) is 0 Å². The largest absolute Gasteiger partial charge is 0.435 e. The first-order valence-electron chi connectivity index (χ1n) is 4.95. The van der Waals surface area contributed by atoms with Crippen molar-refractivity contribution < 1.29 is 13.2 Å². The Balaban J connectivity index is 2.31. The lowest BCUT2D eigenvalue weighted by Crippen LogP contribution is -2.09. The third-order valence-corrected chi connectivity index (χ3v) is 2.99. The standard InChI is InChI=1S/C10H8BrF3N4/c1-6-7(2-3-15-16-6)5-18-9(11)4-8(17-18)10(12,13)14/h2-4H,5H2,1H3. The van der Waals surface area contributed by atoms with Crippen molar-refractivity contribution in [3.63, 3.8) is 0 Å². The minimum atomic E-state index is -4.45. The van der Waals surface area contributed by atoms with Gasteiger partial charge in [0.15, 0.2) is 5.69 Å². The topological polar surface area (TPSA) is 43.6 Å². The fraction of sp³-hybridized carbons (Fsp3) is 0.300. The van der Waals surface area contributed by atoms with Crippen molar-refractivity contribution in [3.8, 4) is 0 Å². The van der Waals surface area contributed by atoms with Crippen LogP contribution in [-0.4, -0.2) is 20.0 Å². The lowest BCUT2D eigenvalue weighted by Gasteiger charge is -2.05. The van der Waals surface area contributed by atoms with Gasteiger partial charge in [0.2, 0.25) is 0 Å². The second-order valence-electron chi connectivity index (χ2n) is 3.65. The van der Waals surface area contributed by atoms with Crippen molar-refractivity contribution in [2.24, 2.45) is 0 Å². The third-order valence-electron chi connectivity index (χ3n) is 2.36. The molecule has 0 fully saturated rings. The normalized spacial score (nSPS) is 11.8. The average Bonchev–Trinajstić information content (AvgIpc) is 2.63. The molecule has 2 aromatic rings. The summed E-state index contributed by atoms with van der Waals surface area (Å²) in [7, 11) is 0. The fourth-order valence-corrected chi connectivity index (χ4v) is 1.82. The van der Waals surface area contributed by atoms with Gasteiger partial charge in [-0.15, -0.1) is 0 Å². The van der Waals surface area contributed by atoms with Crippen LogP contribution in [0.5, 0.6) is 0 Å². The van der Waals surface area contributed by atoms with E-state index in [2.05, 4.69) is 31.2 Å². The van der Waals surface area contributed by atoms with E-state index >= 15 is 0 Å². The molecule has 0 radical (unpaired) electrons. The number of aromatic nitrogens is 4. The minimum Gasteiger partial charge on any atom is -0.253 e. The summed E-state index contributed by atoms with van der Waals surface area (Å²) in [6.45, 7) is 1.95. The fourth-order valence-electron chi connectivity index (χ4n) is 1.40. The molecule has 2 aromatic heterocycles. The van der Waals surface area contributed by atoms with Crippen LogP contribution in [0.1, 0.15) is 17.0 Å². The van der Waals surface area contributed by atoms with Crippen molar-refractivity contribution in [1.82, 2.24) is 20.0 Å². The van der Waals surface area contributed by atoms with Crippen LogP contribution < -0.4 is 0 Å². The average molecular weight is 321 g/mol. The van der Waals surface area contributed by atoms with E-state index in [1.807, 2.05) is 0 Å². The van der Waals surface area contributed by atoms with E-state index in [9.17, 15) is 13.2 Å². The number of hydrogen-bond acceptors (Lipinski definition) is 3. The monoisotopic (exact) mass is 320 g/mol. The molecular weight excluding hydrogens is 313 g/mol. The highest BCUT2D eigenvalue weighted by Crippen LogP contribution is 2.30. The molecule has 0 unspecified atom stereocenters. The van der Waals surface area contributed by atoms with E-state index in [1.54, 1.807) is 13.0 Å². The van der Waals surface area contributed by atoms with E-state index in [0.29, 0.717) is 5.69 Å². The number of halogens is 4. The minimum absolute atomic E-state index is 0.206. The maximum Gasteiger partial charge on any atom is 0.435 e. The first-order valence-corrected chi connectivity index (χ1v) is 5.75. The molecule has 18 heavy (non-hydrogen) atoms. The summed E-state index contributed by atoms with van der Waals surface area (Å²) in [6.07, 6.45) is -2.95. The van der Waals surface area contributed by atoms with E-state index in [0.717, 1.165) is 11.6 Å². The predicted molar refractivity (Wildman–Crippen MR) is 60.8 cm³/mol. The number of rotatable bonds is 2. The molecular formula is C10H8BrF3N4. The van der Waals surface area contributed by atoms with Gasteiger partial charge in [0.25, 0.3) is 0 Å². The quantitative estimate of drug-likeness (QED) is 0.854. The molecule has 4 nitrogen and oxygen atoms in total. The molecule has 0 saturated heterocycles. The molecule has 0 aromatic carbocycles. The van der Waals surface area contributed by atoms with Crippen LogP contribution in [-0.2, 0) is 12.7 Å². The summed E-state index contributed by atoms with van der Waals surface area (Å²) in [5.74, 6) is 0. The zero-order valence-electron chi connectivity index (χ0n) is 9.24. The summed E-state index contributed by atoms with van der Waals surface area (Å²) >= 11 is 3.06. The van der Waals surface area contributed by atoms with Gasteiger partial charge in [-0.2, -0.15) is 28.5 Å². The number of hydrogen-bond donors (Lipinski definition) is 0. The molecule has 0 aliphatic carbocycles. The molecule has 0 spiro atoms. The van der Waals surface area contributed by atoms with Crippen molar-refractivity contribution in [2.75, 3.05) is 0 Å². The molecule has 0 bridgehead atoms. The Bertz CT molecular complexity index is 564. The van der Waals surface area contributed by atoms with Gasteiger partial charge in [0, 0.05) is 12.3 Å². The highest BCUT2D eigenvalue weighted by Gasteiger charge is 2.34. The molecule has 0 aliphatic rings. The molecule has 8 heteroatoms. The number of nitrogens with zero attached hydrogens (tertiary/aromatic N) is 4. The van der Waals surface area contributed by atoms with Crippen LogP contribution in [0.15, 0.2) is 22.9 Å². The van der Waals surface area contributed by atoms with Gasteiger partial charge >= 0.3 is 6.18 Å². The molecule has 2 rings (SSSR count). The summed E-state index contributed by atoms with van der Waals surface area (Å²) in [6, 6.07) is 2.65. The second-order valence-corrected chi connectivity index (χ2v) is 4.46. The summed E-state index contributed by atoms with van der Waals surface area (Å²) in [5.41, 5.74) is 0.505. The van der Waals surface area contributed by atoms with Crippen molar-refractivity contribution in [3.05, 3.63) is 39.9 Å². The zero-order chi connectivity index (χ0) is 13.3. The van der Waals surface area contributed by atoms with Crippen LogP contribution in [0.2, 0.25) is 0 Å². The van der Waals surface area contributed by atoms with Crippen LogP contribution in [0.4, 0.5) is 13.2 Å². The van der Waals surface area contributed by atoms with E-state index < -0.39 is 11.9 Å². The van der Waals surface area contributed by atoms with Crippen molar-refractivity contribution in [2.45, 2.75) is 19.6 Å². The molecule has 0 N–H and O–H groups in total. The number of aryl methyl sites for hydroxylation is 1. The first kappa shape index (κ1) is 13.0. The molecule has 2 heterocycles. The number of alkyl halides is 3. The van der Waals surface area contributed by atoms with Crippen molar-refractivity contribution >= 4 is 15.9 Å². The maximum atomic E-state index is 12.5. The van der Waals surface area contributed by atoms with Crippen LogP contribution in [0, 0.1) is 6.92 Å². The Morgan fingerprint density at radius 2 is 2.11 bits per heavy atom. The van der Waals surface area contributed by atoms with Gasteiger partial charge in [-0.25, -0.2) is 0 Å². The third kappa shape index (κ3) is 2.69. The zero-order valence-corrected chi connectivity index (χ0v) is 10.8. The van der Waals surface area contributed by atoms with Gasteiger partial charge in [-0.3, -0.25) is 4.68 Å². The lowest BCUT2D eigenvalue weighted by atomic mass is 10.2. The molecule has 96 valence electrons. The Morgan fingerprint density at radius 1 is 1.39 bits per heavy atom. The summed E-state index contributed by atoms with van der Waals surface area (Å²) in [4.78, 5) is 0. The molecule has 0 amide bonds. The lowest BCUT2D eigenvalue weighted by molar-refractivity contribution is -0.141. The first-order chi connectivity index (χ1) is 8.38. The molecule has 0 atom stereocenters. The molecule has 0 saturated carbocycles. The van der Waals surface area contributed by atoms with Crippen LogP contribution in [0.25, 0.3) is 0 Å². The maximum absolute atomic E-state index is 12.5. The van der Waals surface area contributed by atoms with Gasteiger partial charge in [0.05, 0.1) is 12.2 Å². The summed E-state index contributed by atoms with van der Waals surface area (Å²) in [5, 5.41) is 11.0. The van der Waals surface area contributed by atoms with Crippen molar-refractivity contribution in [1.29, 1.82) is 0 Å². The Kier molecular flexibility index (Phi) is 3.38. The van der Waals surface area contributed by atoms with Gasteiger partial charge < -0.3 is 0 Å². The highest BCUT2D eigenvalue weighted by atomic mass is 79.9. The Labute approximate surface area is 109 Å². The van der Waals surface area contributed by atoms with E-state index in [-0.39, 0.29) is 11.1 Å². The SMILES string of the molecule is Cc1nnccc1Cn1nc(C(F)(F)F)cc1Br. The summed E-state index contributed by atoms with van der Waals surface area (Å²) < 4.78 is 38.9. The van der Waals surface area contributed by atoms with E-state index in [1.165, 1.54) is 10.9 Å². The Hall–Kier alpha value is -1.44. The predicted octanol–water partition coefficient (Wildman–Crippen LogP) is 2.81. The Morgan fingerprint density at radius 3 is 2.67 bits per heavy atom. The molecule has 0 aliphatic heterocycles. The van der Waals surface area contributed by atoms with Crippen LogP contribution >= 0.6 is 15.9 Å².